The number of halogens is 2. The van der Waals surface area contributed by atoms with Gasteiger partial charge in [0, 0.05) is 29.1 Å². The maximum atomic E-state index is 5.99. The summed E-state index contributed by atoms with van der Waals surface area (Å²) in [7, 11) is 0. The van der Waals surface area contributed by atoms with Gasteiger partial charge in [-0.25, -0.2) is 0 Å². The Balaban J connectivity index is 3.10. The Bertz CT molecular complexity index is 265. The Labute approximate surface area is 87.8 Å². The fraction of sp³-hybridized carbons (Fsp3) is 0.333. The highest BCUT2D eigenvalue weighted by molar-refractivity contribution is 6.36. The van der Waals surface area contributed by atoms with E-state index in [1.165, 1.54) is 0 Å². The lowest BCUT2D eigenvalue weighted by Crippen LogP contribution is -2.21. The molecule has 0 radical (unpaired) electrons. The highest BCUT2D eigenvalue weighted by atomic mass is 35.5. The van der Waals surface area contributed by atoms with Gasteiger partial charge < -0.3 is 11.5 Å². The molecule has 0 aliphatic heterocycles. The predicted molar refractivity (Wildman–Crippen MR) is 57.3 cm³/mol. The fourth-order valence-electron chi connectivity index (χ4n) is 1.23. The first-order valence-corrected chi connectivity index (χ1v) is 4.80. The molecule has 1 rings (SSSR count). The maximum Gasteiger partial charge on any atom is 0.0456 e. The van der Waals surface area contributed by atoms with Gasteiger partial charge in [0.15, 0.2) is 0 Å². The zero-order chi connectivity index (χ0) is 9.84. The number of rotatable bonds is 3. The van der Waals surface area contributed by atoms with Gasteiger partial charge in [-0.2, -0.15) is 0 Å². The van der Waals surface area contributed by atoms with Gasteiger partial charge in [0.05, 0.1) is 0 Å². The normalized spacial score (nSPS) is 10.8. The molecule has 0 heterocycles. The summed E-state index contributed by atoms with van der Waals surface area (Å²) in [5.41, 5.74) is 12.0. The molecule has 0 aliphatic carbocycles. The van der Waals surface area contributed by atoms with E-state index in [1.807, 2.05) is 0 Å². The van der Waals surface area contributed by atoms with Crippen LogP contribution in [0.4, 0.5) is 0 Å². The predicted octanol–water partition coefficient (Wildman–Crippen LogP) is 1.99. The Morgan fingerprint density at radius 3 is 1.92 bits per heavy atom. The molecule has 0 fully saturated rings. The summed E-state index contributed by atoms with van der Waals surface area (Å²) in [6.45, 7) is 0.917. The molecule has 4 N–H and O–H groups in total. The Morgan fingerprint density at radius 1 is 1.08 bits per heavy atom. The van der Waals surface area contributed by atoms with E-state index >= 15 is 0 Å². The number of hydrogen-bond donors (Lipinski definition) is 2. The summed E-state index contributed by atoms with van der Waals surface area (Å²) < 4.78 is 0. The smallest absolute Gasteiger partial charge is 0.0456 e. The molecule has 2 nitrogen and oxygen atoms in total. The van der Waals surface area contributed by atoms with Gasteiger partial charge in [0.2, 0.25) is 0 Å². The average molecular weight is 219 g/mol. The number of nitrogens with two attached hydrogens (primary N) is 2. The molecule has 72 valence electrons. The van der Waals surface area contributed by atoms with Crippen LogP contribution < -0.4 is 11.5 Å². The minimum absolute atomic E-state index is 0.0428. The molecule has 0 amide bonds. The second-order valence-corrected chi connectivity index (χ2v) is 3.62. The summed E-state index contributed by atoms with van der Waals surface area (Å²) in [6, 6.07) is 5.39. The molecule has 0 saturated carbocycles. The molecular formula is C9H12Cl2N2. The van der Waals surface area contributed by atoms with Gasteiger partial charge in [0.25, 0.3) is 0 Å². The van der Waals surface area contributed by atoms with E-state index in [4.69, 9.17) is 34.7 Å². The van der Waals surface area contributed by atoms with Crippen LogP contribution in [0.1, 0.15) is 11.5 Å². The van der Waals surface area contributed by atoms with Crippen molar-refractivity contribution in [3.8, 4) is 0 Å². The summed E-state index contributed by atoms with van der Waals surface area (Å²) in [5, 5.41) is 1.27. The first-order chi connectivity index (χ1) is 6.20. The molecule has 0 aromatic heterocycles. The maximum absolute atomic E-state index is 5.99. The first-order valence-electron chi connectivity index (χ1n) is 4.04. The number of hydrogen-bond acceptors (Lipinski definition) is 2. The van der Waals surface area contributed by atoms with E-state index < -0.39 is 0 Å². The van der Waals surface area contributed by atoms with Crippen LogP contribution >= 0.6 is 23.2 Å². The second kappa shape index (κ2) is 4.82. The lowest BCUT2D eigenvalue weighted by molar-refractivity contribution is 0.709. The summed E-state index contributed by atoms with van der Waals surface area (Å²) in [5.74, 6) is 0.0428. The largest absolute Gasteiger partial charge is 0.330 e. The zero-order valence-electron chi connectivity index (χ0n) is 7.13. The monoisotopic (exact) mass is 218 g/mol. The Kier molecular flexibility index (Phi) is 4.00. The van der Waals surface area contributed by atoms with E-state index in [1.54, 1.807) is 18.2 Å². The van der Waals surface area contributed by atoms with Crippen molar-refractivity contribution in [2.45, 2.75) is 5.92 Å². The van der Waals surface area contributed by atoms with Crippen LogP contribution in [0.15, 0.2) is 18.2 Å². The number of benzene rings is 1. The van der Waals surface area contributed by atoms with Gasteiger partial charge in [-0.1, -0.05) is 29.3 Å². The lowest BCUT2D eigenvalue weighted by atomic mass is 9.99. The van der Waals surface area contributed by atoms with Gasteiger partial charge in [-0.05, 0) is 17.7 Å². The van der Waals surface area contributed by atoms with Crippen molar-refractivity contribution in [1.82, 2.24) is 0 Å². The third-order valence-electron chi connectivity index (χ3n) is 1.98. The minimum atomic E-state index is 0.0428. The van der Waals surface area contributed by atoms with Crippen LogP contribution in [0.25, 0.3) is 0 Å². The van der Waals surface area contributed by atoms with E-state index in [0.717, 1.165) is 5.56 Å². The van der Waals surface area contributed by atoms with Crippen molar-refractivity contribution in [1.29, 1.82) is 0 Å². The van der Waals surface area contributed by atoms with Gasteiger partial charge in [0.1, 0.15) is 0 Å². The molecule has 13 heavy (non-hydrogen) atoms. The molecular weight excluding hydrogens is 207 g/mol. The average Bonchev–Trinajstić information content (AvgIpc) is 2.11. The third-order valence-corrected chi connectivity index (χ3v) is 2.64. The summed E-state index contributed by atoms with van der Waals surface area (Å²) in [4.78, 5) is 0. The van der Waals surface area contributed by atoms with Gasteiger partial charge in [-0.3, -0.25) is 0 Å². The van der Waals surface area contributed by atoms with Crippen LogP contribution in [0.5, 0.6) is 0 Å². The zero-order valence-corrected chi connectivity index (χ0v) is 8.65. The minimum Gasteiger partial charge on any atom is -0.330 e. The lowest BCUT2D eigenvalue weighted by Gasteiger charge is -2.15. The van der Waals surface area contributed by atoms with Gasteiger partial charge in [-0.15, -0.1) is 0 Å². The van der Waals surface area contributed by atoms with Crippen LogP contribution in [0, 0.1) is 0 Å². The van der Waals surface area contributed by atoms with E-state index in [2.05, 4.69) is 0 Å². The molecule has 0 aliphatic rings. The van der Waals surface area contributed by atoms with Crippen LogP contribution in [0.3, 0.4) is 0 Å². The molecule has 0 bridgehead atoms. The fourth-order valence-corrected chi connectivity index (χ4v) is 1.94. The molecule has 4 heteroatoms. The van der Waals surface area contributed by atoms with Crippen molar-refractivity contribution in [3.63, 3.8) is 0 Å². The van der Waals surface area contributed by atoms with Crippen molar-refractivity contribution in [3.05, 3.63) is 33.8 Å². The van der Waals surface area contributed by atoms with Crippen LogP contribution in [0.2, 0.25) is 10.0 Å². The standard InChI is InChI=1S/C9H12Cl2N2/c10-7-2-1-3-8(11)9(7)6(4-12)5-13/h1-3,6H,4-5,12-13H2. The molecule has 0 atom stereocenters. The molecule has 0 unspecified atom stereocenters. The van der Waals surface area contributed by atoms with Crippen molar-refractivity contribution in [2.24, 2.45) is 11.5 Å². The van der Waals surface area contributed by atoms with E-state index in [-0.39, 0.29) is 5.92 Å². The Hall–Kier alpha value is -0.280. The van der Waals surface area contributed by atoms with Crippen molar-refractivity contribution >= 4 is 23.2 Å². The van der Waals surface area contributed by atoms with Crippen LogP contribution in [-0.2, 0) is 0 Å². The quantitative estimate of drug-likeness (QED) is 0.816. The van der Waals surface area contributed by atoms with Crippen LogP contribution in [-0.4, -0.2) is 13.1 Å². The van der Waals surface area contributed by atoms with E-state index in [9.17, 15) is 0 Å². The second-order valence-electron chi connectivity index (χ2n) is 2.80. The molecule has 0 spiro atoms. The molecule has 1 aromatic carbocycles. The first kappa shape index (κ1) is 10.8. The van der Waals surface area contributed by atoms with Crippen molar-refractivity contribution in [2.75, 3.05) is 13.1 Å². The van der Waals surface area contributed by atoms with Gasteiger partial charge >= 0.3 is 0 Å². The van der Waals surface area contributed by atoms with Crippen molar-refractivity contribution < 1.29 is 0 Å². The SMILES string of the molecule is NCC(CN)c1c(Cl)cccc1Cl. The van der Waals surface area contributed by atoms with E-state index in [0.29, 0.717) is 23.1 Å². The Morgan fingerprint density at radius 2 is 1.54 bits per heavy atom. The highest BCUT2D eigenvalue weighted by Crippen LogP contribution is 2.30. The topological polar surface area (TPSA) is 52.0 Å². The summed E-state index contributed by atoms with van der Waals surface area (Å²) >= 11 is 12.0. The molecule has 1 aromatic rings. The highest BCUT2D eigenvalue weighted by Gasteiger charge is 2.14. The third kappa shape index (κ3) is 2.35. The molecule has 0 saturated heterocycles. The summed E-state index contributed by atoms with van der Waals surface area (Å²) in [6.07, 6.45) is 0.